The van der Waals surface area contributed by atoms with E-state index in [1.807, 2.05) is 18.2 Å². The number of ether oxygens (including phenoxy) is 2. The van der Waals surface area contributed by atoms with Gasteiger partial charge >= 0.3 is 5.97 Å². The van der Waals surface area contributed by atoms with Crippen LogP contribution in [0.15, 0.2) is 18.2 Å². The number of benzene rings is 1. The predicted octanol–water partition coefficient (Wildman–Crippen LogP) is 2.87. The molecule has 1 saturated heterocycles. The van der Waals surface area contributed by atoms with Gasteiger partial charge in [0.05, 0.1) is 24.4 Å². The molecule has 0 unspecified atom stereocenters. The van der Waals surface area contributed by atoms with Gasteiger partial charge in [-0.15, -0.1) is 0 Å². The molecule has 3 N–H and O–H groups in total. The van der Waals surface area contributed by atoms with Gasteiger partial charge in [0.2, 0.25) is 0 Å². The van der Waals surface area contributed by atoms with E-state index in [4.69, 9.17) is 20.3 Å². The highest BCUT2D eigenvalue weighted by Crippen LogP contribution is 2.32. The molecule has 0 bridgehead atoms. The number of hydrogen-bond donors (Lipinski definition) is 2. The van der Waals surface area contributed by atoms with Crippen LogP contribution in [0.2, 0.25) is 0 Å². The first kappa shape index (κ1) is 19.5. The van der Waals surface area contributed by atoms with Crippen molar-refractivity contribution in [2.75, 3.05) is 44.1 Å². The van der Waals surface area contributed by atoms with E-state index in [1.54, 1.807) is 7.11 Å². The third kappa shape index (κ3) is 5.34. The van der Waals surface area contributed by atoms with Crippen LogP contribution in [-0.4, -0.2) is 50.6 Å². The number of methoxy groups -OCH3 is 1. The first-order valence-corrected chi connectivity index (χ1v) is 9.01. The van der Waals surface area contributed by atoms with Gasteiger partial charge in [0.15, 0.2) is 0 Å². The summed E-state index contributed by atoms with van der Waals surface area (Å²) < 4.78 is 10.7. The minimum atomic E-state index is -0.834. The summed E-state index contributed by atoms with van der Waals surface area (Å²) in [6.07, 6.45) is 3.09. The lowest BCUT2D eigenvalue weighted by atomic mass is 9.95. The van der Waals surface area contributed by atoms with Crippen LogP contribution in [0.5, 0.6) is 0 Å². The zero-order valence-corrected chi connectivity index (χ0v) is 15.2. The van der Waals surface area contributed by atoms with Crippen molar-refractivity contribution in [3.8, 4) is 0 Å². The molecule has 25 heavy (non-hydrogen) atoms. The second kappa shape index (κ2) is 9.63. The minimum Gasteiger partial charge on any atom is -0.481 e. The number of carboxylic acid groups (broad SMARTS) is 1. The van der Waals surface area contributed by atoms with Gasteiger partial charge in [0, 0.05) is 38.8 Å². The van der Waals surface area contributed by atoms with Gasteiger partial charge in [-0.2, -0.15) is 0 Å². The molecule has 1 fully saturated rings. The maximum Gasteiger partial charge on any atom is 0.304 e. The van der Waals surface area contributed by atoms with Crippen molar-refractivity contribution < 1.29 is 19.4 Å². The molecule has 1 heterocycles. The quantitative estimate of drug-likeness (QED) is 0.666. The molecule has 0 spiro atoms. The third-order valence-corrected chi connectivity index (χ3v) is 4.72. The topological polar surface area (TPSA) is 85.0 Å². The Balaban J connectivity index is 2.24. The van der Waals surface area contributed by atoms with Crippen molar-refractivity contribution in [3.63, 3.8) is 0 Å². The van der Waals surface area contributed by atoms with Crippen LogP contribution >= 0.6 is 0 Å². The summed E-state index contributed by atoms with van der Waals surface area (Å²) in [5, 5.41) is 9.12. The molecule has 6 nitrogen and oxygen atoms in total. The minimum absolute atomic E-state index is 0.0330. The van der Waals surface area contributed by atoms with E-state index in [9.17, 15) is 4.79 Å². The number of hydrogen-bond acceptors (Lipinski definition) is 5. The molecule has 0 radical (unpaired) electrons. The van der Waals surface area contributed by atoms with E-state index in [1.165, 1.54) is 0 Å². The molecule has 1 aliphatic rings. The van der Waals surface area contributed by atoms with E-state index >= 15 is 0 Å². The summed E-state index contributed by atoms with van der Waals surface area (Å²) in [7, 11) is 1.58. The number of rotatable bonds is 9. The number of aliphatic carboxylic acids is 1. The number of anilines is 2. The van der Waals surface area contributed by atoms with E-state index in [-0.39, 0.29) is 12.3 Å². The molecule has 0 aliphatic carbocycles. The number of carbonyl (C=O) groups is 1. The molecule has 1 atom stereocenters. The Morgan fingerprint density at radius 3 is 2.72 bits per heavy atom. The molecule has 140 valence electrons. The van der Waals surface area contributed by atoms with Gasteiger partial charge in [0.25, 0.3) is 0 Å². The Labute approximate surface area is 149 Å². The third-order valence-electron chi connectivity index (χ3n) is 4.72. The van der Waals surface area contributed by atoms with E-state index in [0.717, 1.165) is 50.3 Å². The van der Waals surface area contributed by atoms with Crippen molar-refractivity contribution in [2.24, 2.45) is 0 Å². The van der Waals surface area contributed by atoms with E-state index in [2.05, 4.69) is 11.8 Å². The summed E-state index contributed by atoms with van der Waals surface area (Å²) in [5.41, 5.74) is 9.00. The Hall–Kier alpha value is -1.79. The Morgan fingerprint density at radius 2 is 2.16 bits per heavy atom. The standard InChI is InChI=1S/C19H30N2O4/c1-3-8-21(16-6-9-25-10-7-16)18-5-4-14(11-17(18)20)15(13-24-2)12-19(22)23/h4-5,11,15-16H,3,6-10,12-13,20H2,1-2H3,(H,22,23)/t15-/m0/s1. The van der Waals surface area contributed by atoms with Crippen molar-refractivity contribution in [1.29, 1.82) is 0 Å². The zero-order chi connectivity index (χ0) is 18.2. The molecular formula is C19H30N2O4. The lowest BCUT2D eigenvalue weighted by molar-refractivity contribution is -0.137. The maximum absolute atomic E-state index is 11.1. The highest BCUT2D eigenvalue weighted by atomic mass is 16.5. The zero-order valence-electron chi connectivity index (χ0n) is 15.2. The fourth-order valence-corrected chi connectivity index (χ4v) is 3.51. The van der Waals surface area contributed by atoms with E-state index < -0.39 is 5.97 Å². The Kier molecular flexibility index (Phi) is 7.52. The predicted molar refractivity (Wildman–Crippen MR) is 99.2 cm³/mol. The SMILES string of the molecule is CCCN(c1ccc([C@H](COC)CC(=O)O)cc1N)C1CCOCC1. The lowest BCUT2D eigenvalue weighted by Gasteiger charge is -2.37. The van der Waals surface area contributed by atoms with Crippen LogP contribution in [0, 0.1) is 0 Å². The monoisotopic (exact) mass is 350 g/mol. The number of nitrogen functional groups attached to an aromatic ring is 1. The second-order valence-electron chi connectivity index (χ2n) is 6.61. The highest BCUT2D eigenvalue weighted by Gasteiger charge is 2.24. The molecule has 0 saturated carbocycles. The molecule has 1 aliphatic heterocycles. The van der Waals surface area contributed by atoms with Crippen molar-refractivity contribution in [3.05, 3.63) is 23.8 Å². The lowest BCUT2D eigenvalue weighted by Crippen LogP contribution is -2.40. The molecule has 1 aromatic carbocycles. The van der Waals surface area contributed by atoms with Crippen LogP contribution in [0.4, 0.5) is 11.4 Å². The second-order valence-corrected chi connectivity index (χ2v) is 6.61. The highest BCUT2D eigenvalue weighted by molar-refractivity contribution is 5.71. The molecule has 0 aromatic heterocycles. The summed E-state index contributed by atoms with van der Waals surface area (Å²) in [5.74, 6) is -1.03. The average molecular weight is 350 g/mol. The van der Waals surface area contributed by atoms with Gasteiger partial charge in [-0.25, -0.2) is 0 Å². The summed E-state index contributed by atoms with van der Waals surface area (Å²) in [6, 6.07) is 6.36. The van der Waals surface area contributed by atoms with Gasteiger partial charge < -0.3 is 25.2 Å². The maximum atomic E-state index is 11.1. The van der Waals surface area contributed by atoms with Crippen LogP contribution in [0.25, 0.3) is 0 Å². The first-order valence-electron chi connectivity index (χ1n) is 9.01. The number of nitrogens with zero attached hydrogens (tertiary/aromatic N) is 1. The van der Waals surface area contributed by atoms with Crippen LogP contribution < -0.4 is 10.6 Å². The van der Waals surface area contributed by atoms with Gasteiger partial charge in [-0.3, -0.25) is 4.79 Å². The fraction of sp³-hybridized carbons (Fsp3) is 0.632. The fourth-order valence-electron chi connectivity index (χ4n) is 3.51. The molecular weight excluding hydrogens is 320 g/mol. The number of nitrogens with two attached hydrogens (primary N) is 1. The van der Waals surface area contributed by atoms with Gasteiger partial charge in [-0.05, 0) is 37.0 Å². The molecule has 1 aromatic rings. The Morgan fingerprint density at radius 1 is 1.44 bits per heavy atom. The van der Waals surface area contributed by atoms with E-state index in [0.29, 0.717) is 18.3 Å². The van der Waals surface area contributed by atoms with Gasteiger partial charge in [-0.1, -0.05) is 13.0 Å². The Bertz CT molecular complexity index is 558. The van der Waals surface area contributed by atoms with Gasteiger partial charge in [0.1, 0.15) is 0 Å². The van der Waals surface area contributed by atoms with Crippen molar-refractivity contribution in [1.82, 2.24) is 0 Å². The van der Waals surface area contributed by atoms with Crippen LogP contribution in [-0.2, 0) is 14.3 Å². The van der Waals surface area contributed by atoms with Crippen molar-refractivity contribution in [2.45, 2.75) is 44.6 Å². The molecule has 0 amide bonds. The summed E-state index contributed by atoms with van der Waals surface area (Å²) >= 11 is 0. The summed E-state index contributed by atoms with van der Waals surface area (Å²) in [6.45, 7) is 5.06. The molecule has 2 rings (SSSR count). The normalized spacial score (nSPS) is 16.6. The average Bonchev–Trinajstić information content (AvgIpc) is 2.60. The number of carboxylic acids is 1. The van der Waals surface area contributed by atoms with Crippen LogP contribution in [0.3, 0.4) is 0 Å². The van der Waals surface area contributed by atoms with Crippen LogP contribution in [0.1, 0.15) is 44.1 Å². The first-order chi connectivity index (χ1) is 12.1. The molecule has 6 heteroatoms. The van der Waals surface area contributed by atoms with Crippen molar-refractivity contribution >= 4 is 17.3 Å². The smallest absolute Gasteiger partial charge is 0.304 e. The largest absolute Gasteiger partial charge is 0.481 e. The summed E-state index contributed by atoms with van der Waals surface area (Å²) in [4.78, 5) is 13.5.